The third-order valence-corrected chi connectivity index (χ3v) is 5.70. The van der Waals surface area contributed by atoms with Gasteiger partial charge in [-0.15, -0.1) is 0 Å². The maximum Gasteiger partial charge on any atom is 0.251 e. The van der Waals surface area contributed by atoms with Gasteiger partial charge in [-0.1, -0.05) is 29.5 Å². The third-order valence-electron chi connectivity index (χ3n) is 5.47. The molecule has 0 atom stereocenters. The highest BCUT2D eigenvalue weighted by atomic mass is 35.5. The molecule has 0 saturated heterocycles. The van der Waals surface area contributed by atoms with Crippen LogP contribution in [0.5, 0.6) is 0 Å². The largest absolute Gasteiger partial charge is 0.383 e. The van der Waals surface area contributed by atoms with Gasteiger partial charge in [0.1, 0.15) is 5.82 Å². The molecule has 0 bridgehead atoms. The van der Waals surface area contributed by atoms with Crippen molar-refractivity contribution in [3.05, 3.63) is 70.4 Å². The SMILES string of the molecule is Nc1ncc2ccc(Cl)cc2c1C#Cc1ccc(C(=O)NC2CCC(N)CC2)cc1. The monoisotopic (exact) mass is 418 g/mol. The Kier molecular flexibility index (Phi) is 5.89. The van der Waals surface area contributed by atoms with Gasteiger partial charge in [0, 0.05) is 45.2 Å². The Bertz CT molecular complexity index is 1130. The fourth-order valence-electron chi connectivity index (χ4n) is 3.70. The number of pyridine rings is 1. The van der Waals surface area contributed by atoms with Crippen molar-refractivity contribution in [1.82, 2.24) is 10.3 Å². The summed E-state index contributed by atoms with van der Waals surface area (Å²) < 4.78 is 0. The number of nitrogens with two attached hydrogens (primary N) is 2. The van der Waals surface area contributed by atoms with Crippen molar-refractivity contribution in [1.29, 1.82) is 0 Å². The summed E-state index contributed by atoms with van der Waals surface area (Å²) in [4.78, 5) is 16.7. The number of anilines is 1. The average molecular weight is 419 g/mol. The van der Waals surface area contributed by atoms with Crippen LogP contribution in [-0.2, 0) is 0 Å². The van der Waals surface area contributed by atoms with Crippen molar-refractivity contribution in [2.75, 3.05) is 5.73 Å². The molecule has 2 aromatic carbocycles. The maximum atomic E-state index is 12.5. The van der Waals surface area contributed by atoms with E-state index in [1.807, 2.05) is 30.3 Å². The molecule has 5 nitrogen and oxygen atoms in total. The predicted molar refractivity (Wildman–Crippen MR) is 121 cm³/mol. The zero-order valence-corrected chi connectivity index (χ0v) is 17.2. The van der Waals surface area contributed by atoms with Crippen molar-refractivity contribution >= 4 is 34.1 Å². The van der Waals surface area contributed by atoms with Gasteiger partial charge >= 0.3 is 0 Å². The molecular weight excluding hydrogens is 396 g/mol. The van der Waals surface area contributed by atoms with Gasteiger partial charge in [0.05, 0.1) is 5.56 Å². The molecule has 1 aliphatic carbocycles. The van der Waals surface area contributed by atoms with Gasteiger partial charge in [0.25, 0.3) is 5.91 Å². The molecule has 4 rings (SSSR count). The van der Waals surface area contributed by atoms with Crippen molar-refractivity contribution < 1.29 is 4.79 Å². The van der Waals surface area contributed by atoms with Crippen molar-refractivity contribution in [2.24, 2.45) is 5.73 Å². The van der Waals surface area contributed by atoms with E-state index in [4.69, 9.17) is 23.1 Å². The van der Waals surface area contributed by atoms with Crippen LogP contribution in [0.1, 0.15) is 47.2 Å². The van der Waals surface area contributed by atoms with Gasteiger partial charge in [-0.25, -0.2) is 4.98 Å². The van der Waals surface area contributed by atoms with Crippen LogP contribution >= 0.6 is 11.6 Å². The molecule has 3 aromatic rings. The molecule has 6 heteroatoms. The molecule has 30 heavy (non-hydrogen) atoms. The lowest BCUT2D eigenvalue weighted by atomic mass is 9.91. The number of nitrogens with zero attached hydrogens (tertiary/aromatic N) is 1. The number of hydrogen-bond donors (Lipinski definition) is 3. The van der Waals surface area contributed by atoms with Crippen LogP contribution in [0.2, 0.25) is 5.02 Å². The molecule has 1 aliphatic rings. The van der Waals surface area contributed by atoms with Gasteiger partial charge in [-0.2, -0.15) is 0 Å². The molecule has 1 amide bonds. The number of carbonyl (C=O) groups is 1. The van der Waals surface area contributed by atoms with E-state index in [0.29, 0.717) is 22.0 Å². The molecule has 0 radical (unpaired) electrons. The van der Waals surface area contributed by atoms with Crippen molar-refractivity contribution in [3.63, 3.8) is 0 Å². The number of aromatic nitrogens is 1. The highest BCUT2D eigenvalue weighted by Crippen LogP contribution is 2.25. The highest BCUT2D eigenvalue weighted by Gasteiger charge is 2.20. The number of rotatable bonds is 2. The summed E-state index contributed by atoms with van der Waals surface area (Å²) in [5.74, 6) is 6.52. The van der Waals surface area contributed by atoms with E-state index in [1.54, 1.807) is 18.3 Å². The maximum absolute atomic E-state index is 12.5. The molecule has 0 unspecified atom stereocenters. The van der Waals surface area contributed by atoms with E-state index >= 15 is 0 Å². The number of benzene rings is 2. The lowest BCUT2D eigenvalue weighted by Gasteiger charge is -2.26. The summed E-state index contributed by atoms with van der Waals surface area (Å²) >= 11 is 6.13. The van der Waals surface area contributed by atoms with Gasteiger partial charge in [0.2, 0.25) is 0 Å². The van der Waals surface area contributed by atoms with E-state index < -0.39 is 0 Å². The Hall–Kier alpha value is -3.07. The van der Waals surface area contributed by atoms with Crippen LogP contribution in [0.15, 0.2) is 48.7 Å². The Balaban J connectivity index is 1.51. The Labute approximate surface area is 180 Å². The number of halogens is 1. The summed E-state index contributed by atoms with van der Waals surface area (Å²) in [5.41, 5.74) is 14.0. The van der Waals surface area contributed by atoms with Crippen LogP contribution in [0.25, 0.3) is 10.8 Å². The van der Waals surface area contributed by atoms with E-state index in [1.165, 1.54) is 0 Å². The molecule has 1 saturated carbocycles. The molecule has 1 aromatic heterocycles. The second kappa shape index (κ2) is 8.74. The Morgan fingerprint density at radius 2 is 1.80 bits per heavy atom. The first kappa shape index (κ1) is 20.2. The average Bonchev–Trinajstić information content (AvgIpc) is 2.75. The lowest BCUT2D eigenvalue weighted by Crippen LogP contribution is -2.40. The number of amides is 1. The molecule has 0 spiro atoms. The normalized spacial score (nSPS) is 18.5. The van der Waals surface area contributed by atoms with E-state index in [9.17, 15) is 4.79 Å². The molecule has 152 valence electrons. The second-order valence-electron chi connectivity index (χ2n) is 7.66. The summed E-state index contributed by atoms with van der Waals surface area (Å²) in [5, 5.41) is 5.51. The van der Waals surface area contributed by atoms with E-state index in [0.717, 1.165) is 42.0 Å². The van der Waals surface area contributed by atoms with E-state index in [-0.39, 0.29) is 18.0 Å². The summed E-state index contributed by atoms with van der Waals surface area (Å²) in [6.07, 6.45) is 5.48. The van der Waals surface area contributed by atoms with Crippen LogP contribution in [-0.4, -0.2) is 23.0 Å². The minimum absolute atomic E-state index is 0.0629. The predicted octanol–water partition coefficient (Wildman–Crippen LogP) is 3.87. The minimum atomic E-state index is -0.0629. The van der Waals surface area contributed by atoms with Gasteiger partial charge in [0.15, 0.2) is 0 Å². The highest BCUT2D eigenvalue weighted by molar-refractivity contribution is 6.31. The zero-order valence-electron chi connectivity index (χ0n) is 16.5. The first-order chi connectivity index (χ1) is 14.5. The minimum Gasteiger partial charge on any atom is -0.383 e. The zero-order chi connectivity index (χ0) is 21.1. The lowest BCUT2D eigenvalue weighted by molar-refractivity contribution is 0.0926. The molecule has 0 aliphatic heterocycles. The van der Waals surface area contributed by atoms with Gasteiger partial charge in [-0.05, 0) is 62.1 Å². The third kappa shape index (κ3) is 4.56. The number of nitrogen functional groups attached to an aromatic ring is 1. The van der Waals surface area contributed by atoms with Crippen LogP contribution in [0.4, 0.5) is 5.82 Å². The van der Waals surface area contributed by atoms with Gasteiger partial charge < -0.3 is 16.8 Å². The van der Waals surface area contributed by atoms with Crippen molar-refractivity contribution in [2.45, 2.75) is 37.8 Å². The summed E-state index contributed by atoms with van der Waals surface area (Å²) in [6.45, 7) is 0. The molecule has 5 N–H and O–H groups in total. The summed E-state index contributed by atoms with van der Waals surface area (Å²) in [7, 11) is 0. The van der Waals surface area contributed by atoms with Crippen molar-refractivity contribution in [3.8, 4) is 11.8 Å². The van der Waals surface area contributed by atoms with E-state index in [2.05, 4.69) is 22.1 Å². The fourth-order valence-corrected chi connectivity index (χ4v) is 3.87. The summed E-state index contributed by atoms with van der Waals surface area (Å²) in [6, 6.07) is 13.2. The molecule has 1 fully saturated rings. The number of nitrogens with one attached hydrogen (secondary N) is 1. The molecular formula is C24H23ClN4O. The number of fused-ring (bicyclic) bond motifs is 1. The second-order valence-corrected chi connectivity index (χ2v) is 8.10. The Morgan fingerprint density at radius 1 is 1.07 bits per heavy atom. The number of carbonyl (C=O) groups excluding carboxylic acids is 1. The van der Waals surface area contributed by atoms with Crippen LogP contribution < -0.4 is 16.8 Å². The number of hydrogen-bond acceptors (Lipinski definition) is 4. The first-order valence-corrected chi connectivity index (χ1v) is 10.4. The Morgan fingerprint density at radius 3 is 2.53 bits per heavy atom. The van der Waals surface area contributed by atoms with Gasteiger partial charge in [-0.3, -0.25) is 4.79 Å². The topological polar surface area (TPSA) is 94.0 Å². The quantitative estimate of drug-likeness (QED) is 0.550. The smallest absolute Gasteiger partial charge is 0.251 e. The standard InChI is InChI=1S/C24H23ClN4O/c25-18-7-6-17-14-28-23(27)21(22(17)13-18)12-3-15-1-4-16(5-2-15)24(30)29-20-10-8-19(26)9-11-20/h1-2,4-7,13-14,19-20H,8-11,26H2,(H2,27,28)(H,29,30). The van der Waals surface area contributed by atoms with Crippen LogP contribution in [0.3, 0.4) is 0 Å². The van der Waals surface area contributed by atoms with Crippen LogP contribution in [0, 0.1) is 11.8 Å². The first-order valence-electron chi connectivity index (χ1n) is 10.0. The molecule has 1 heterocycles. The fraction of sp³-hybridized carbons (Fsp3) is 0.250.